The molecule has 0 aliphatic carbocycles. The number of pyridine rings is 2. The second kappa shape index (κ2) is 8.42. The first-order valence-electron chi connectivity index (χ1n) is 7.59. The van der Waals surface area contributed by atoms with Crippen molar-refractivity contribution in [1.29, 1.82) is 0 Å². The van der Waals surface area contributed by atoms with Crippen molar-refractivity contribution < 1.29 is 4.79 Å². The summed E-state index contributed by atoms with van der Waals surface area (Å²) in [6.45, 7) is 0.625. The van der Waals surface area contributed by atoms with E-state index in [-0.39, 0.29) is 5.78 Å². The van der Waals surface area contributed by atoms with Gasteiger partial charge in [0.05, 0.1) is 5.02 Å². The standard InChI is InChI=1S/C17H15ClN4OS2/c18-12-6-13-14(10-21-16(13)20-9-12)15(23)3-5-25-17(24)22-8-11-2-1-4-19-7-11/h1-2,4,6-7,9-10H,3,5,8H2,(H,20,21)(H,22,24). The lowest BCUT2D eigenvalue weighted by molar-refractivity contribution is 0.0991. The number of hydrogen-bond acceptors (Lipinski definition) is 5. The monoisotopic (exact) mass is 390 g/mol. The van der Waals surface area contributed by atoms with Crippen LogP contribution in [0.4, 0.5) is 0 Å². The number of aromatic amines is 1. The van der Waals surface area contributed by atoms with E-state index >= 15 is 0 Å². The molecule has 0 radical (unpaired) electrons. The normalized spacial score (nSPS) is 10.8. The number of rotatable bonds is 6. The highest BCUT2D eigenvalue weighted by atomic mass is 35.5. The summed E-state index contributed by atoms with van der Waals surface area (Å²) >= 11 is 12.7. The average molecular weight is 391 g/mol. The average Bonchev–Trinajstić information content (AvgIpc) is 3.04. The van der Waals surface area contributed by atoms with Crippen molar-refractivity contribution in [2.45, 2.75) is 13.0 Å². The first kappa shape index (κ1) is 17.8. The van der Waals surface area contributed by atoms with Gasteiger partial charge in [-0.3, -0.25) is 9.78 Å². The molecule has 3 heterocycles. The van der Waals surface area contributed by atoms with Gasteiger partial charge in [-0.05, 0) is 17.7 Å². The van der Waals surface area contributed by atoms with E-state index in [0.29, 0.717) is 39.3 Å². The fourth-order valence-corrected chi connectivity index (χ4v) is 3.43. The molecule has 3 aromatic heterocycles. The molecule has 25 heavy (non-hydrogen) atoms. The number of carbonyl (C=O) groups excluding carboxylic acids is 1. The Labute approximate surface area is 159 Å². The molecule has 0 spiro atoms. The molecule has 128 valence electrons. The van der Waals surface area contributed by atoms with Gasteiger partial charge in [-0.1, -0.05) is 41.6 Å². The van der Waals surface area contributed by atoms with E-state index in [9.17, 15) is 4.79 Å². The summed E-state index contributed by atoms with van der Waals surface area (Å²) < 4.78 is 0.667. The van der Waals surface area contributed by atoms with Crippen LogP contribution in [0.25, 0.3) is 11.0 Å². The van der Waals surface area contributed by atoms with E-state index in [0.717, 1.165) is 10.9 Å². The Balaban J connectivity index is 1.48. The lowest BCUT2D eigenvalue weighted by Crippen LogP contribution is -2.18. The molecule has 0 aliphatic rings. The van der Waals surface area contributed by atoms with Crippen molar-refractivity contribution in [3.8, 4) is 0 Å². The first-order valence-corrected chi connectivity index (χ1v) is 9.36. The number of fused-ring (bicyclic) bond motifs is 1. The van der Waals surface area contributed by atoms with E-state index in [1.165, 1.54) is 11.8 Å². The van der Waals surface area contributed by atoms with Gasteiger partial charge in [-0.2, -0.15) is 0 Å². The molecule has 3 rings (SSSR count). The summed E-state index contributed by atoms with van der Waals surface area (Å²) in [6.07, 6.45) is 7.14. The van der Waals surface area contributed by atoms with Gasteiger partial charge in [0.1, 0.15) is 9.97 Å². The highest BCUT2D eigenvalue weighted by Gasteiger charge is 2.13. The minimum Gasteiger partial charge on any atom is -0.367 e. The molecule has 0 fully saturated rings. The van der Waals surface area contributed by atoms with E-state index in [4.69, 9.17) is 23.8 Å². The summed E-state index contributed by atoms with van der Waals surface area (Å²) in [6, 6.07) is 5.61. The maximum absolute atomic E-state index is 12.4. The van der Waals surface area contributed by atoms with Crippen molar-refractivity contribution in [1.82, 2.24) is 20.3 Å². The third kappa shape index (κ3) is 4.78. The van der Waals surface area contributed by atoms with Crippen molar-refractivity contribution in [2.24, 2.45) is 0 Å². The van der Waals surface area contributed by atoms with E-state index < -0.39 is 0 Å². The molecule has 0 aromatic carbocycles. The number of thiocarbonyl (C=S) groups is 1. The summed E-state index contributed by atoms with van der Waals surface area (Å²) in [5.74, 6) is 0.649. The third-order valence-electron chi connectivity index (χ3n) is 3.52. The van der Waals surface area contributed by atoms with Crippen LogP contribution in [0.1, 0.15) is 22.3 Å². The molecule has 0 unspecified atom stereocenters. The molecule has 0 aliphatic heterocycles. The molecule has 0 saturated carbocycles. The number of halogens is 1. The van der Waals surface area contributed by atoms with E-state index in [1.54, 1.807) is 30.9 Å². The van der Waals surface area contributed by atoms with Crippen molar-refractivity contribution in [3.05, 3.63) is 59.1 Å². The van der Waals surface area contributed by atoms with Gasteiger partial charge in [-0.15, -0.1) is 0 Å². The van der Waals surface area contributed by atoms with Crippen LogP contribution in [0.5, 0.6) is 0 Å². The number of H-pyrrole nitrogens is 1. The van der Waals surface area contributed by atoms with Gasteiger partial charge < -0.3 is 10.3 Å². The summed E-state index contributed by atoms with van der Waals surface area (Å²) in [5, 5.41) is 4.41. The second-order valence-corrected chi connectivity index (χ2v) is 7.48. The van der Waals surface area contributed by atoms with Crippen LogP contribution < -0.4 is 5.32 Å². The largest absolute Gasteiger partial charge is 0.367 e. The van der Waals surface area contributed by atoms with Gasteiger partial charge in [0.15, 0.2) is 5.78 Å². The molecule has 0 amide bonds. The van der Waals surface area contributed by atoms with Gasteiger partial charge in [0.2, 0.25) is 0 Å². The molecule has 5 nitrogen and oxygen atoms in total. The summed E-state index contributed by atoms with van der Waals surface area (Å²) in [4.78, 5) is 23.6. The number of ketones is 1. The number of thioether (sulfide) groups is 1. The molecule has 0 saturated heterocycles. The van der Waals surface area contributed by atoms with Crippen LogP contribution in [0.3, 0.4) is 0 Å². The van der Waals surface area contributed by atoms with Crippen LogP contribution in [0, 0.1) is 0 Å². The van der Waals surface area contributed by atoms with Crippen LogP contribution >= 0.6 is 35.6 Å². The summed E-state index contributed by atoms with van der Waals surface area (Å²) in [5.41, 5.74) is 2.33. The number of nitrogens with zero attached hydrogens (tertiary/aromatic N) is 2. The number of carbonyl (C=O) groups is 1. The van der Waals surface area contributed by atoms with Crippen LogP contribution in [0.15, 0.2) is 43.0 Å². The maximum atomic E-state index is 12.4. The predicted octanol–water partition coefficient (Wildman–Crippen LogP) is 3.99. The smallest absolute Gasteiger partial charge is 0.165 e. The number of hydrogen-bond donors (Lipinski definition) is 2. The lowest BCUT2D eigenvalue weighted by atomic mass is 10.1. The number of Topliss-reactive ketones (excluding diaryl/α,β-unsaturated/α-hetero) is 1. The SMILES string of the molecule is O=C(CCSC(=S)NCc1cccnc1)c1c[nH]c2ncc(Cl)cc12. The Hall–Kier alpha value is -1.96. The van der Waals surface area contributed by atoms with Crippen LogP contribution in [0.2, 0.25) is 5.02 Å². The Morgan fingerprint density at radius 1 is 1.40 bits per heavy atom. The Kier molecular flexibility index (Phi) is 6.01. The first-order chi connectivity index (χ1) is 12.1. The van der Waals surface area contributed by atoms with E-state index in [2.05, 4.69) is 20.3 Å². The zero-order chi connectivity index (χ0) is 17.6. The highest BCUT2D eigenvalue weighted by molar-refractivity contribution is 8.22. The van der Waals surface area contributed by atoms with Crippen molar-refractivity contribution in [2.75, 3.05) is 5.75 Å². The van der Waals surface area contributed by atoms with Gasteiger partial charge >= 0.3 is 0 Å². The van der Waals surface area contributed by atoms with Crippen molar-refractivity contribution >= 4 is 56.7 Å². The minimum atomic E-state index is 0.0397. The highest BCUT2D eigenvalue weighted by Crippen LogP contribution is 2.22. The molecular weight excluding hydrogens is 376 g/mol. The van der Waals surface area contributed by atoms with Crippen molar-refractivity contribution in [3.63, 3.8) is 0 Å². The topological polar surface area (TPSA) is 70.7 Å². The third-order valence-corrected chi connectivity index (χ3v) is 5.04. The lowest BCUT2D eigenvalue weighted by Gasteiger charge is -2.07. The molecule has 3 aromatic rings. The number of nitrogens with one attached hydrogen (secondary N) is 2. The number of aromatic nitrogens is 3. The van der Waals surface area contributed by atoms with Gasteiger partial charge in [-0.25, -0.2) is 4.98 Å². The second-order valence-electron chi connectivity index (χ2n) is 5.28. The minimum absolute atomic E-state index is 0.0397. The summed E-state index contributed by atoms with van der Waals surface area (Å²) in [7, 11) is 0. The fourth-order valence-electron chi connectivity index (χ4n) is 2.31. The predicted molar refractivity (Wildman–Crippen MR) is 106 cm³/mol. The Bertz CT molecular complexity index is 898. The van der Waals surface area contributed by atoms with Gasteiger partial charge in [0, 0.05) is 54.5 Å². The quantitative estimate of drug-likeness (QED) is 0.489. The maximum Gasteiger partial charge on any atom is 0.165 e. The molecule has 0 atom stereocenters. The fraction of sp³-hybridized carbons (Fsp3) is 0.176. The van der Waals surface area contributed by atoms with Gasteiger partial charge in [0.25, 0.3) is 0 Å². The van der Waals surface area contributed by atoms with Crippen LogP contribution in [-0.4, -0.2) is 30.8 Å². The zero-order valence-corrected chi connectivity index (χ0v) is 15.5. The van der Waals surface area contributed by atoms with Crippen LogP contribution in [-0.2, 0) is 6.54 Å². The van der Waals surface area contributed by atoms with E-state index in [1.807, 2.05) is 12.1 Å². The Morgan fingerprint density at radius 2 is 2.28 bits per heavy atom. The molecule has 8 heteroatoms. The molecule has 0 bridgehead atoms. The zero-order valence-electron chi connectivity index (χ0n) is 13.2. The molecular formula is C17H15ClN4OS2. The molecule has 2 N–H and O–H groups in total. The Morgan fingerprint density at radius 3 is 3.08 bits per heavy atom.